The standard InChI is InChI=1S/C18H16BrN3O2/c1-11-17(18(24)20-15-5-3-4-6-16(15)23)12(2)22(21-11)14-9-7-13(19)8-10-14/h3-10,23H,1-2H3,(H,20,24). The lowest BCUT2D eigenvalue weighted by molar-refractivity contribution is 0.102. The minimum atomic E-state index is -0.296. The van der Waals surface area contributed by atoms with Crippen LogP contribution in [-0.2, 0) is 0 Å². The normalized spacial score (nSPS) is 10.6. The van der Waals surface area contributed by atoms with Gasteiger partial charge in [0.2, 0.25) is 0 Å². The number of anilines is 1. The molecular weight excluding hydrogens is 370 g/mol. The molecule has 2 aromatic carbocycles. The van der Waals surface area contributed by atoms with E-state index in [1.165, 1.54) is 6.07 Å². The molecule has 1 heterocycles. The van der Waals surface area contributed by atoms with Crippen LogP contribution in [-0.4, -0.2) is 20.8 Å². The highest BCUT2D eigenvalue weighted by Crippen LogP contribution is 2.24. The molecule has 0 unspecified atom stereocenters. The third-order valence-corrected chi connectivity index (χ3v) is 4.27. The van der Waals surface area contributed by atoms with E-state index in [4.69, 9.17) is 0 Å². The zero-order valence-electron chi connectivity index (χ0n) is 13.2. The van der Waals surface area contributed by atoms with Gasteiger partial charge in [-0.1, -0.05) is 28.1 Å². The largest absolute Gasteiger partial charge is 0.506 e. The highest BCUT2D eigenvalue weighted by atomic mass is 79.9. The second-order valence-corrected chi connectivity index (χ2v) is 6.32. The van der Waals surface area contributed by atoms with Gasteiger partial charge in [-0.2, -0.15) is 5.10 Å². The van der Waals surface area contributed by atoms with Crippen LogP contribution in [0.1, 0.15) is 21.7 Å². The Hall–Kier alpha value is -2.60. The molecule has 3 aromatic rings. The molecule has 0 aliphatic carbocycles. The van der Waals surface area contributed by atoms with Crippen molar-refractivity contribution >= 4 is 27.5 Å². The number of nitrogens with zero attached hydrogens (tertiary/aromatic N) is 2. The molecule has 1 amide bonds. The van der Waals surface area contributed by atoms with Crippen LogP contribution >= 0.6 is 15.9 Å². The summed E-state index contributed by atoms with van der Waals surface area (Å²) in [6.07, 6.45) is 0. The van der Waals surface area contributed by atoms with E-state index in [1.807, 2.05) is 31.2 Å². The first-order valence-corrected chi connectivity index (χ1v) is 8.18. The number of hydrogen-bond donors (Lipinski definition) is 2. The molecule has 6 heteroatoms. The van der Waals surface area contributed by atoms with Crippen LogP contribution in [0.4, 0.5) is 5.69 Å². The number of carbonyl (C=O) groups excluding carboxylic acids is 1. The topological polar surface area (TPSA) is 67.2 Å². The van der Waals surface area contributed by atoms with Gasteiger partial charge < -0.3 is 10.4 Å². The maximum Gasteiger partial charge on any atom is 0.259 e. The number of phenols is 1. The zero-order chi connectivity index (χ0) is 17.3. The molecule has 0 aliphatic heterocycles. The van der Waals surface area contributed by atoms with Gasteiger partial charge in [0.15, 0.2) is 0 Å². The number of amides is 1. The number of benzene rings is 2. The van der Waals surface area contributed by atoms with E-state index in [1.54, 1.807) is 29.8 Å². The van der Waals surface area contributed by atoms with Crippen molar-refractivity contribution in [1.82, 2.24) is 9.78 Å². The number of carbonyl (C=O) groups is 1. The van der Waals surface area contributed by atoms with E-state index in [0.717, 1.165) is 15.9 Å². The van der Waals surface area contributed by atoms with Crippen molar-refractivity contribution in [2.24, 2.45) is 0 Å². The van der Waals surface area contributed by atoms with Crippen molar-refractivity contribution in [2.75, 3.05) is 5.32 Å². The molecule has 122 valence electrons. The van der Waals surface area contributed by atoms with Gasteiger partial charge in [0, 0.05) is 4.47 Å². The smallest absolute Gasteiger partial charge is 0.259 e. The summed E-state index contributed by atoms with van der Waals surface area (Å²) in [6.45, 7) is 3.64. The fraction of sp³-hybridized carbons (Fsp3) is 0.111. The number of halogens is 1. The van der Waals surface area contributed by atoms with Gasteiger partial charge in [0.05, 0.1) is 28.3 Å². The first kappa shape index (κ1) is 16.3. The van der Waals surface area contributed by atoms with Gasteiger partial charge in [-0.3, -0.25) is 4.79 Å². The second kappa shape index (κ2) is 6.49. The highest BCUT2D eigenvalue weighted by molar-refractivity contribution is 9.10. The lowest BCUT2D eigenvalue weighted by atomic mass is 10.1. The Bertz CT molecular complexity index is 901. The van der Waals surface area contributed by atoms with Gasteiger partial charge >= 0.3 is 0 Å². The maximum absolute atomic E-state index is 12.6. The molecule has 0 aliphatic rings. The first-order chi connectivity index (χ1) is 11.5. The molecule has 0 fully saturated rings. The fourth-order valence-electron chi connectivity index (χ4n) is 2.57. The van der Waals surface area contributed by atoms with Gasteiger partial charge in [0.25, 0.3) is 5.91 Å². The summed E-state index contributed by atoms with van der Waals surface area (Å²) in [7, 11) is 0. The molecular formula is C18H16BrN3O2. The SMILES string of the molecule is Cc1nn(-c2ccc(Br)cc2)c(C)c1C(=O)Nc1ccccc1O. The van der Waals surface area contributed by atoms with Crippen LogP contribution in [0.5, 0.6) is 5.75 Å². The van der Waals surface area contributed by atoms with E-state index in [9.17, 15) is 9.90 Å². The van der Waals surface area contributed by atoms with Gasteiger partial charge in [-0.25, -0.2) is 4.68 Å². The number of aromatic nitrogens is 2. The van der Waals surface area contributed by atoms with Crippen LogP contribution in [0.15, 0.2) is 53.0 Å². The predicted octanol–water partition coefficient (Wildman–Crippen LogP) is 4.21. The predicted molar refractivity (Wildman–Crippen MR) is 96.8 cm³/mol. The summed E-state index contributed by atoms with van der Waals surface area (Å²) in [4.78, 5) is 12.6. The number of rotatable bonds is 3. The summed E-state index contributed by atoms with van der Waals surface area (Å²) >= 11 is 3.41. The Morgan fingerprint density at radius 3 is 2.46 bits per heavy atom. The third-order valence-electron chi connectivity index (χ3n) is 3.74. The van der Waals surface area contributed by atoms with Gasteiger partial charge in [-0.15, -0.1) is 0 Å². The van der Waals surface area contributed by atoms with Crippen LogP contribution in [0.2, 0.25) is 0 Å². The van der Waals surface area contributed by atoms with E-state index >= 15 is 0 Å². The van der Waals surface area contributed by atoms with Crippen molar-refractivity contribution in [3.63, 3.8) is 0 Å². The van der Waals surface area contributed by atoms with Crippen molar-refractivity contribution in [2.45, 2.75) is 13.8 Å². The number of para-hydroxylation sites is 2. The lowest BCUT2D eigenvalue weighted by Gasteiger charge is -2.08. The number of aromatic hydroxyl groups is 1. The molecule has 1 aromatic heterocycles. The first-order valence-electron chi connectivity index (χ1n) is 7.39. The van der Waals surface area contributed by atoms with E-state index in [0.29, 0.717) is 16.9 Å². The molecule has 0 spiro atoms. The number of phenolic OH excluding ortho intramolecular Hbond substituents is 1. The van der Waals surface area contributed by atoms with E-state index < -0.39 is 0 Å². The van der Waals surface area contributed by atoms with Crippen LogP contribution < -0.4 is 5.32 Å². The average Bonchev–Trinajstić information content (AvgIpc) is 2.85. The summed E-state index contributed by atoms with van der Waals surface area (Å²) < 4.78 is 2.71. The molecule has 5 nitrogen and oxygen atoms in total. The molecule has 2 N–H and O–H groups in total. The van der Waals surface area contributed by atoms with Crippen molar-refractivity contribution in [3.8, 4) is 11.4 Å². The number of nitrogens with one attached hydrogen (secondary N) is 1. The average molecular weight is 386 g/mol. The number of hydrogen-bond acceptors (Lipinski definition) is 3. The van der Waals surface area contributed by atoms with Crippen molar-refractivity contribution in [1.29, 1.82) is 0 Å². The molecule has 0 bridgehead atoms. The van der Waals surface area contributed by atoms with Gasteiger partial charge in [-0.05, 0) is 50.2 Å². The minimum Gasteiger partial charge on any atom is -0.506 e. The van der Waals surface area contributed by atoms with Crippen LogP contribution in [0.3, 0.4) is 0 Å². The monoisotopic (exact) mass is 385 g/mol. The Labute approximate surface area is 148 Å². The summed E-state index contributed by atoms with van der Waals surface area (Å²) in [5.41, 5.74) is 3.12. The Balaban J connectivity index is 1.96. The molecule has 3 rings (SSSR count). The second-order valence-electron chi connectivity index (χ2n) is 5.41. The maximum atomic E-state index is 12.6. The molecule has 24 heavy (non-hydrogen) atoms. The molecule has 0 saturated carbocycles. The Morgan fingerprint density at radius 1 is 1.12 bits per heavy atom. The Morgan fingerprint density at radius 2 is 1.79 bits per heavy atom. The highest BCUT2D eigenvalue weighted by Gasteiger charge is 2.20. The zero-order valence-corrected chi connectivity index (χ0v) is 14.8. The summed E-state index contributed by atoms with van der Waals surface area (Å²) in [5.74, 6) is -0.267. The lowest BCUT2D eigenvalue weighted by Crippen LogP contribution is -2.14. The van der Waals surface area contributed by atoms with Crippen LogP contribution in [0.25, 0.3) is 5.69 Å². The summed E-state index contributed by atoms with van der Waals surface area (Å²) in [6, 6.07) is 14.3. The van der Waals surface area contributed by atoms with Gasteiger partial charge in [0.1, 0.15) is 5.75 Å². The summed E-state index contributed by atoms with van der Waals surface area (Å²) in [5, 5.41) is 17.0. The van der Waals surface area contributed by atoms with Crippen LogP contribution in [0, 0.1) is 13.8 Å². The van der Waals surface area contributed by atoms with Crippen molar-refractivity contribution < 1.29 is 9.90 Å². The molecule has 0 atom stereocenters. The third kappa shape index (κ3) is 3.05. The van der Waals surface area contributed by atoms with E-state index in [2.05, 4.69) is 26.3 Å². The Kier molecular flexibility index (Phi) is 4.40. The fourth-order valence-corrected chi connectivity index (χ4v) is 2.83. The minimum absolute atomic E-state index is 0.0291. The molecule has 0 radical (unpaired) electrons. The molecule has 0 saturated heterocycles. The quantitative estimate of drug-likeness (QED) is 0.663. The van der Waals surface area contributed by atoms with E-state index in [-0.39, 0.29) is 11.7 Å². The van der Waals surface area contributed by atoms with Crippen molar-refractivity contribution in [3.05, 3.63) is 70.0 Å². The number of aryl methyl sites for hydroxylation is 1.